The van der Waals surface area contributed by atoms with Gasteiger partial charge in [-0.15, -0.1) is 0 Å². The number of carbonyl (C=O) groups is 2. The summed E-state index contributed by atoms with van der Waals surface area (Å²) in [5.74, 6) is 0.153. The second-order valence-electron chi connectivity index (χ2n) is 6.32. The van der Waals surface area contributed by atoms with Crippen LogP contribution in [-0.2, 0) is 10.4 Å². The zero-order valence-electron chi connectivity index (χ0n) is 13.7. The fraction of sp³-hybridized carbons (Fsp3) is 0.263. The summed E-state index contributed by atoms with van der Waals surface area (Å²) in [5.41, 5.74) is 0.370. The Morgan fingerprint density at radius 2 is 1.92 bits per heavy atom. The molecule has 0 spiro atoms. The quantitative estimate of drug-likeness (QED) is 0.837. The van der Waals surface area contributed by atoms with Crippen LogP contribution in [0.1, 0.15) is 27.9 Å². The molecular weight excluding hydrogens is 322 g/mol. The van der Waals surface area contributed by atoms with E-state index in [4.69, 9.17) is 9.47 Å². The van der Waals surface area contributed by atoms with Gasteiger partial charge in [0, 0.05) is 16.8 Å². The maximum absolute atomic E-state index is 12.7. The van der Waals surface area contributed by atoms with Crippen LogP contribution in [0.4, 0.5) is 5.69 Å². The number of fused-ring (bicyclic) bond motifs is 2. The Morgan fingerprint density at radius 3 is 2.72 bits per heavy atom. The number of amides is 1. The van der Waals surface area contributed by atoms with E-state index in [0.29, 0.717) is 41.5 Å². The second-order valence-corrected chi connectivity index (χ2v) is 6.32. The third-order valence-corrected chi connectivity index (χ3v) is 4.53. The van der Waals surface area contributed by atoms with Crippen molar-refractivity contribution < 1.29 is 24.2 Å². The minimum absolute atomic E-state index is 0.338. The molecule has 1 atom stereocenters. The number of rotatable bonds is 3. The van der Waals surface area contributed by atoms with Crippen molar-refractivity contribution in [2.24, 2.45) is 0 Å². The van der Waals surface area contributed by atoms with Gasteiger partial charge in [-0.05, 0) is 31.2 Å². The fourth-order valence-corrected chi connectivity index (χ4v) is 3.18. The van der Waals surface area contributed by atoms with E-state index in [1.165, 1.54) is 0 Å². The van der Waals surface area contributed by atoms with E-state index in [9.17, 15) is 14.7 Å². The van der Waals surface area contributed by atoms with Gasteiger partial charge in [-0.2, -0.15) is 0 Å². The number of aliphatic hydroxyl groups is 1. The molecule has 25 heavy (non-hydrogen) atoms. The third-order valence-electron chi connectivity index (χ3n) is 4.53. The van der Waals surface area contributed by atoms with Crippen LogP contribution in [0, 0.1) is 6.92 Å². The monoisotopic (exact) mass is 339 g/mol. The van der Waals surface area contributed by atoms with Gasteiger partial charge in [0.1, 0.15) is 13.2 Å². The Hall–Kier alpha value is -2.86. The highest BCUT2D eigenvalue weighted by molar-refractivity contribution is 6.09. The topological polar surface area (TPSA) is 84.9 Å². The molecular formula is C19H17NO5. The highest BCUT2D eigenvalue weighted by Crippen LogP contribution is 2.40. The van der Waals surface area contributed by atoms with E-state index in [-0.39, 0.29) is 12.2 Å². The van der Waals surface area contributed by atoms with E-state index in [2.05, 4.69) is 5.32 Å². The van der Waals surface area contributed by atoms with Crippen molar-refractivity contribution in [3.05, 3.63) is 53.1 Å². The maximum atomic E-state index is 12.7. The Balaban J connectivity index is 1.65. The van der Waals surface area contributed by atoms with E-state index in [1.54, 1.807) is 30.3 Å². The van der Waals surface area contributed by atoms with Gasteiger partial charge in [-0.3, -0.25) is 9.59 Å². The van der Waals surface area contributed by atoms with Crippen molar-refractivity contribution in [2.45, 2.75) is 18.9 Å². The molecule has 2 aromatic rings. The lowest BCUT2D eigenvalue weighted by molar-refractivity contribution is -0.133. The van der Waals surface area contributed by atoms with Crippen molar-refractivity contribution >= 4 is 17.4 Å². The number of benzene rings is 2. The SMILES string of the molecule is Cc1ccc2c(c1)C(O)(CC(=O)c1ccc3c(c1)OCCO3)C(=O)N2. The van der Waals surface area contributed by atoms with Gasteiger partial charge in [0.05, 0.1) is 6.42 Å². The zero-order chi connectivity index (χ0) is 17.6. The van der Waals surface area contributed by atoms with Crippen LogP contribution in [0.25, 0.3) is 0 Å². The molecule has 6 heteroatoms. The van der Waals surface area contributed by atoms with Crippen molar-refractivity contribution in [1.29, 1.82) is 0 Å². The average Bonchev–Trinajstić information content (AvgIpc) is 2.85. The van der Waals surface area contributed by atoms with Gasteiger partial charge >= 0.3 is 0 Å². The largest absolute Gasteiger partial charge is 0.486 e. The van der Waals surface area contributed by atoms with Gasteiger partial charge in [-0.25, -0.2) is 0 Å². The highest BCUT2D eigenvalue weighted by Gasteiger charge is 2.46. The number of anilines is 1. The molecule has 0 saturated carbocycles. The molecule has 6 nitrogen and oxygen atoms in total. The molecule has 0 aliphatic carbocycles. The number of hydrogen-bond acceptors (Lipinski definition) is 5. The Morgan fingerprint density at radius 1 is 1.16 bits per heavy atom. The van der Waals surface area contributed by atoms with E-state index in [1.807, 2.05) is 13.0 Å². The fourth-order valence-electron chi connectivity index (χ4n) is 3.18. The third kappa shape index (κ3) is 2.55. The lowest BCUT2D eigenvalue weighted by Crippen LogP contribution is -2.36. The first-order valence-electron chi connectivity index (χ1n) is 8.05. The summed E-state index contributed by atoms with van der Waals surface area (Å²) in [5, 5.41) is 13.6. The Kier molecular flexibility index (Phi) is 3.51. The molecule has 2 aromatic carbocycles. The Bertz CT molecular complexity index is 891. The van der Waals surface area contributed by atoms with Crippen LogP contribution in [0.15, 0.2) is 36.4 Å². The minimum atomic E-state index is -1.87. The summed E-state index contributed by atoms with van der Waals surface area (Å²) in [6.45, 7) is 2.76. The number of Topliss-reactive ketones (excluding diaryl/α,β-unsaturated/α-hetero) is 1. The number of carbonyl (C=O) groups excluding carboxylic acids is 2. The highest BCUT2D eigenvalue weighted by atomic mass is 16.6. The predicted octanol–water partition coefficient (Wildman–Crippen LogP) is 2.18. The molecule has 128 valence electrons. The van der Waals surface area contributed by atoms with Crippen LogP contribution in [0.3, 0.4) is 0 Å². The summed E-state index contributed by atoms with van der Waals surface area (Å²) in [6.07, 6.45) is -0.338. The lowest BCUT2D eigenvalue weighted by Gasteiger charge is -2.21. The molecule has 2 aliphatic rings. The molecule has 0 fully saturated rings. The van der Waals surface area contributed by atoms with E-state index in [0.717, 1.165) is 5.56 Å². The molecule has 2 aliphatic heterocycles. The predicted molar refractivity (Wildman–Crippen MR) is 90.1 cm³/mol. The smallest absolute Gasteiger partial charge is 0.261 e. The van der Waals surface area contributed by atoms with Crippen molar-refractivity contribution in [3.63, 3.8) is 0 Å². The first kappa shape index (κ1) is 15.7. The number of aryl methyl sites for hydroxylation is 1. The molecule has 2 N–H and O–H groups in total. The molecule has 4 rings (SSSR count). The van der Waals surface area contributed by atoms with Gasteiger partial charge in [0.2, 0.25) is 0 Å². The zero-order valence-corrected chi connectivity index (χ0v) is 13.7. The molecule has 0 saturated heterocycles. The Labute approximate surface area is 144 Å². The van der Waals surface area contributed by atoms with Gasteiger partial charge in [-0.1, -0.05) is 17.7 Å². The summed E-state index contributed by atoms with van der Waals surface area (Å²) in [6, 6.07) is 10.2. The maximum Gasteiger partial charge on any atom is 0.261 e. The van der Waals surface area contributed by atoms with Crippen molar-refractivity contribution in [3.8, 4) is 11.5 Å². The first-order valence-corrected chi connectivity index (χ1v) is 8.05. The summed E-state index contributed by atoms with van der Waals surface area (Å²) in [7, 11) is 0. The lowest BCUT2D eigenvalue weighted by atomic mass is 9.87. The van der Waals surface area contributed by atoms with Crippen molar-refractivity contribution in [1.82, 2.24) is 0 Å². The molecule has 0 aromatic heterocycles. The van der Waals surface area contributed by atoms with Crippen LogP contribution in [0.5, 0.6) is 11.5 Å². The van der Waals surface area contributed by atoms with E-state index < -0.39 is 11.5 Å². The summed E-state index contributed by atoms with van der Waals surface area (Å²) in [4.78, 5) is 25.0. The average molecular weight is 339 g/mol. The van der Waals surface area contributed by atoms with E-state index >= 15 is 0 Å². The molecule has 1 unspecified atom stereocenters. The number of ketones is 1. The summed E-state index contributed by atoms with van der Waals surface area (Å²) >= 11 is 0. The summed E-state index contributed by atoms with van der Waals surface area (Å²) < 4.78 is 10.9. The molecule has 2 heterocycles. The number of hydrogen-bond donors (Lipinski definition) is 2. The molecule has 1 amide bonds. The van der Waals surface area contributed by atoms with Gasteiger partial charge < -0.3 is 19.9 Å². The van der Waals surface area contributed by atoms with Crippen LogP contribution >= 0.6 is 0 Å². The number of ether oxygens (including phenoxy) is 2. The molecule has 0 bridgehead atoms. The molecule has 0 radical (unpaired) electrons. The standard InChI is InChI=1S/C19H17NO5/c1-11-2-4-14-13(8-11)19(23,18(22)20-14)10-15(21)12-3-5-16-17(9-12)25-7-6-24-16/h2-5,8-9,23H,6-7,10H2,1H3,(H,20,22). The van der Waals surface area contributed by atoms with Crippen LogP contribution in [0.2, 0.25) is 0 Å². The number of nitrogens with one attached hydrogen (secondary N) is 1. The van der Waals surface area contributed by atoms with Gasteiger partial charge in [0.25, 0.3) is 5.91 Å². The first-order chi connectivity index (χ1) is 12.0. The van der Waals surface area contributed by atoms with Crippen LogP contribution < -0.4 is 14.8 Å². The van der Waals surface area contributed by atoms with Crippen LogP contribution in [-0.4, -0.2) is 30.0 Å². The normalized spacial score (nSPS) is 20.8. The minimum Gasteiger partial charge on any atom is -0.486 e. The second kappa shape index (κ2) is 5.60. The van der Waals surface area contributed by atoms with Gasteiger partial charge in [0.15, 0.2) is 22.9 Å². The van der Waals surface area contributed by atoms with Crippen molar-refractivity contribution in [2.75, 3.05) is 18.5 Å².